The minimum absolute atomic E-state index is 0.00276. The molecule has 0 aromatic heterocycles. The number of benzene rings is 4. The molecule has 44 heavy (non-hydrogen) atoms. The lowest BCUT2D eigenvalue weighted by Gasteiger charge is -2.33. The molecule has 0 bridgehead atoms. The van der Waals surface area contributed by atoms with Gasteiger partial charge in [0.25, 0.3) is 0 Å². The van der Waals surface area contributed by atoms with Gasteiger partial charge in [0.2, 0.25) is 11.7 Å². The zero-order valence-corrected chi connectivity index (χ0v) is 25.2. The molecule has 1 amide bonds. The molecule has 230 valence electrons. The van der Waals surface area contributed by atoms with E-state index in [1.165, 1.54) is 5.56 Å². The van der Waals surface area contributed by atoms with Crippen LogP contribution in [0.1, 0.15) is 42.0 Å². The number of nitrogens with two attached hydrogens (primary N) is 1. The van der Waals surface area contributed by atoms with Crippen LogP contribution in [0.4, 0.5) is 4.39 Å². The molecule has 2 saturated heterocycles. The highest BCUT2D eigenvalue weighted by Crippen LogP contribution is 2.41. The number of hydrogen-bond acceptors (Lipinski definition) is 5. The number of nitrogens with one attached hydrogen (secondary N) is 2. The lowest BCUT2D eigenvalue weighted by molar-refractivity contribution is -0.147. The monoisotopic (exact) mass is 595 g/mol. The molecule has 1 unspecified atom stereocenters. The van der Waals surface area contributed by atoms with E-state index < -0.39 is 17.5 Å². The summed E-state index contributed by atoms with van der Waals surface area (Å²) in [5.41, 5.74) is 9.16. The van der Waals surface area contributed by atoms with Crippen LogP contribution in [0.15, 0.2) is 121 Å². The number of carbonyl (C=O) groups excluding carboxylic acids is 1. The predicted octanol–water partition coefficient (Wildman–Crippen LogP) is 5.61. The first-order chi connectivity index (χ1) is 21.4. The van der Waals surface area contributed by atoms with Gasteiger partial charge in [-0.05, 0) is 43.9 Å². The normalized spacial score (nSPS) is 22.2. The van der Waals surface area contributed by atoms with E-state index in [0.717, 1.165) is 23.1 Å². The van der Waals surface area contributed by atoms with Gasteiger partial charge in [-0.15, -0.1) is 0 Å². The molecule has 0 radical (unpaired) electrons. The van der Waals surface area contributed by atoms with Gasteiger partial charge in [0.05, 0.1) is 18.7 Å². The number of halogens is 1. The van der Waals surface area contributed by atoms with E-state index in [4.69, 9.17) is 15.2 Å². The van der Waals surface area contributed by atoms with E-state index in [1.807, 2.05) is 116 Å². The Morgan fingerprint density at radius 3 is 2.00 bits per heavy atom. The Hall–Kier alpha value is -3.88. The van der Waals surface area contributed by atoms with Crippen molar-refractivity contribution in [3.63, 3.8) is 0 Å². The molecule has 0 spiro atoms. The maximum absolute atomic E-state index is 13.8. The van der Waals surface area contributed by atoms with Gasteiger partial charge >= 0.3 is 0 Å². The molecule has 6 nitrogen and oxygen atoms in total. The van der Waals surface area contributed by atoms with Crippen LogP contribution in [0.3, 0.4) is 0 Å². The van der Waals surface area contributed by atoms with E-state index in [1.54, 1.807) is 0 Å². The molecule has 2 aliphatic heterocycles. The molecule has 4 atom stereocenters. The zero-order valence-electron chi connectivity index (χ0n) is 25.2. The van der Waals surface area contributed by atoms with Crippen LogP contribution in [-0.2, 0) is 32.0 Å². The Morgan fingerprint density at radius 2 is 1.45 bits per heavy atom. The Labute approximate surface area is 259 Å². The van der Waals surface area contributed by atoms with Crippen LogP contribution in [-0.4, -0.2) is 43.9 Å². The van der Waals surface area contributed by atoms with Crippen molar-refractivity contribution >= 4 is 5.91 Å². The molecule has 4 aromatic carbocycles. The van der Waals surface area contributed by atoms with Gasteiger partial charge in [-0.25, -0.2) is 4.39 Å². The molecule has 7 heteroatoms. The number of carbonyl (C=O) groups is 1. The number of alkyl halides is 1. The summed E-state index contributed by atoms with van der Waals surface area (Å²) in [7, 11) is 0. The molecule has 4 N–H and O–H groups in total. The number of hydrogen-bond donors (Lipinski definition) is 3. The van der Waals surface area contributed by atoms with Gasteiger partial charge < -0.3 is 25.8 Å². The van der Waals surface area contributed by atoms with Crippen LogP contribution >= 0.6 is 0 Å². The summed E-state index contributed by atoms with van der Waals surface area (Å²) in [4.78, 5) is 11.8. The van der Waals surface area contributed by atoms with Crippen LogP contribution in [0.2, 0.25) is 0 Å². The standard InChI is InChI=1S/C20H22FNO2.C17H20N2O/c21-17-11-12-22-18(13-17)19-14-23-20(24-19,15-7-3-1-4-8-15)16-9-5-2-6-10-16;1-17(19-16(20)13-18,15-10-6-3-7-11-15)12-14-8-4-2-5-9-14/h1-10,17-19,22H,11-14H2;2-11H,12-13,18H2,1H3,(H,19,20)/t17-,18-,19+;/m0./s1. The van der Waals surface area contributed by atoms with E-state index in [-0.39, 0.29) is 24.6 Å². The molecule has 6 rings (SSSR count). The summed E-state index contributed by atoms with van der Waals surface area (Å²) >= 11 is 0. The highest BCUT2D eigenvalue weighted by Gasteiger charge is 2.47. The van der Waals surface area contributed by atoms with E-state index in [2.05, 4.69) is 22.8 Å². The number of piperidine rings is 1. The average molecular weight is 596 g/mol. The maximum atomic E-state index is 13.8. The minimum atomic E-state index is -0.919. The first kappa shape index (κ1) is 31.5. The van der Waals surface area contributed by atoms with Crippen molar-refractivity contribution in [1.29, 1.82) is 0 Å². The number of ether oxygens (including phenoxy) is 2. The molecule has 0 aliphatic carbocycles. The summed E-state index contributed by atoms with van der Waals surface area (Å²) in [5.74, 6) is -1.06. The third-order valence-corrected chi connectivity index (χ3v) is 8.31. The second-order valence-electron chi connectivity index (χ2n) is 11.6. The second kappa shape index (κ2) is 14.7. The fraction of sp³-hybridized carbons (Fsp3) is 0.324. The van der Waals surface area contributed by atoms with Crippen molar-refractivity contribution in [2.75, 3.05) is 19.7 Å². The fourth-order valence-electron chi connectivity index (χ4n) is 6.04. The molecule has 2 fully saturated rings. The van der Waals surface area contributed by atoms with E-state index in [9.17, 15) is 9.18 Å². The van der Waals surface area contributed by atoms with Crippen molar-refractivity contribution in [2.45, 2.75) is 55.8 Å². The second-order valence-corrected chi connectivity index (χ2v) is 11.6. The van der Waals surface area contributed by atoms with Crippen molar-refractivity contribution in [1.82, 2.24) is 10.6 Å². The van der Waals surface area contributed by atoms with Gasteiger partial charge in [0.1, 0.15) is 12.3 Å². The Morgan fingerprint density at radius 1 is 0.909 bits per heavy atom. The third-order valence-electron chi connectivity index (χ3n) is 8.31. The highest BCUT2D eigenvalue weighted by molar-refractivity contribution is 5.78. The van der Waals surface area contributed by atoms with Crippen molar-refractivity contribution in [3.05, 3.63) is 144 Å². The third kappa shape index (κ3) is 7.60. The van der Waals surface area contributed by atoms with Gasteiger partial charge in [-0.1, -0.05) is 121 Å². The average Bonchev–Trinajstić information content (AvgIpc) is 3.54. The SMILES string of the molecule is CC(Cc1ccccc1)(NC(=O)CN)c1ccccc1.F[C@H]1CCN[C@H]([C@H]2COC(c3ccccc3)(c3ccccc3)O2)C1. The molecule has 2 aliphatic rings. The molecular weight excluding hydrogens is 553 g/mol. The molecule has 4 aromatic rings. The first-order valence-electron chi connectivity index (χ1n) is 15.3. The lowest BCUT2D eigenvalue weighted by atomic mass is 9.85. The summed E-state index contributed by atoms with van der Waals surface area (Å²) in [6.45, 7) is 3.17. The lowest BCUT2D eigenvalue weighted by Crippen LogP contribution is -2.48. The molecular formula is C37H42FN3O3. The van der Waals surface area contributed by atoms with Crippen LogP contribution in [0.25, 0.3) is 0 Å². The van der Waals surface area contributed by atoms with E-state index >= 15 is 0 Å². The largest absolute Gasteiger partial charge is 0.345 e. The Bertz CT molecular complexity index is 1400. The Kier molecular flexibility index (Phi) is 10.6. The quantitative estimate of drug-likeness (QED) is 0.247. The zero-order chi connectivity index (χ0) is 30.8. The van der Waals surface area contributed by atoms with Gasteiger partial charge in [-0.3, -0.25) is 4.79 Å². The van der Waals surface area contributed by atoms with Crippen LogP contribution < -0.4 is 16.4 Å². The topological polar surface area (TPSA) is 85.6 Å². The highest BCUT2D eigenvalue weighted by atomic mass is 19.1. The minimum Gasteiger partial charge on any atom is -0.345 e. The van der Waals surface area contributed by atoms with Crippen LogP contribution in [0, 0.1) is 0 Å². The van der Waals surface area contributed by atoms with Gasteiger partial charge in [0.15, 0.2) is 0 Å². The fourth-order valence-corrected chi connectivity index (χ4v) is 6.04. The number of amides is 1. The van der Waals surface area contributed by atoms with Crippen molar-refractivity contribution in [3.8, 4) is 0 Å². The van der Waals surface area contributed by atoms with Crippen molar-refractivity contribution < 1.29 is 18.7 Å². The summed E-state index contributed by atoms with van der Waals surface area (Å²) < 4.78 is 26.5. The van der Waals surface area contributed by atoms with Crippen LogP contribution in [0.5, 0.6) is 0 Å². The Balaban J connectivity index is 0.000000178. The molecule has 0 saturated carbocycles. The van der Waals surface area contributed by atoms with Gasteiger partial charge in [-0.2, -0.15) is 0 Å². The summed E-state index contributed by atoms with van der Waals surface area (Å²) in [6.07, 6.45) is 0.858. The van der Waals surface area contributed by atoms with Gasteiger partial charge in [0, 0.05) is 17.2 Å². The summed E-state index contributed by atoms with van der Waals surface area (Å²) in [6, 6.07) is 40.0. The summed E-state index contributed by atoms with van der Waals surface area (Å²) in [5, 5.41) is 6.43. The van der Waals surface area contributed by atoms with E-state index in [0.29, 0.717) is 26.0 Å². The smallest absolute Gasteiger partial charge is 0.234 e. The molecule has 2 heterocycles. The maximum Gasteiger partial charge on any atom is 0.234 e. The first-order valence-corrected chi connectivity index (χ1v) is 15.3. The predicted molar refractivity (Wildman–Crippen MR) is 172 cm³/mol. The van der Waals surface area contributed by atoms with Crippen molar-refractivity contribution in [2.24, 2.45) is 5.73 Å². The number of rotatable bonds is 8.